The normalized spacial score (nSPS) is 19.7. The van der Waals surface area contributed by atoms with E-state index in [1.807, 2.05) is 13.8 Å². The van der Waals surface area contributed by atoms with Crippen LogP contribution in [0.4, 0.5) is 0 Å². The zero-order valence-corrected chi connectivity index (χ0v) is 12.1. The van der Waals surface area contributed by atoms with Crippen molar-refractivity contribution in [2.75, 3.05) is 39.3 Å². The van der Waals surface area contributed by atoms with Gasteiger partial charge in [0.25, 0.3) is 0 Å². The van der Waals surface area contributed by atoms with Crippen LogP contribution in [0.1, 0.15) is 33.6 Å². The predicted octanol–water partition coefficient (Wildman–Crippen LogP) is 1.51. The maximum atomic E-state index is 11.4. The van der Waals surface area contributed by atoms with Crippen molar-refractivity contribution >= 4 is 5.97 Å². The van der Waals surface area contributed by atoms with Crippen LogP contribution in [0.25, 0.3) is 0 Å². The number of esters is 1. The lowest BCUT2D eigenvalue weighted by Gasteiger charge is -2.31. The Labute approximate surface area is 111 Å². The molecule has 1 saturated heterocycles. The third kappa shape index (κ3) is 5.36. The second-order valence-corrected chi connectivity index (χ2v) is 5.19. The van der Waals surface area contributed by atoms with E-state index in [0.717, 1.165) is 19.0 Å². The quantitative estimate of drug-likeness (QED) is 0.701. The molecule has 1 N–H and O–H groups in total. The Morgan fingerprint density at radius 2 is 2.06 bits per heavy atom. The standard InChI is InChI=1S/C14H28N2O2/c1-4-16-8-6-13(7-9-16)11-15-10-12(3)14(17)18-5-2/h12-13,15H,4-11H2,1-3H3. The summed E-state index contributed by atoms with van der Waals surface area (Å²) in [5.74, 6) is 0.633. The van der Waals surface area contributed by atoms with Gasteiger partial charge in [-0.2, -0.15) is 0 Å². The van der Waals surface area contributed by atoms with Crippen molar-refractivity contribution in [1.82, 2.24) is 10.2 Å². The minimum Gasteiger partial charge on any atom is -0.466 e. The average Bonchev–Trinajstić information content (AvgIpc) is 2.39. The van der Waals surface area contributed by atoms with Crippen LogP contribution in [0.3, 0.4) is 0 Å². The van der Waals surface area contributed by atoms with E-state index < -0.39 is 0 Å². The molecule has 4 nitrogen and oxygen atoms in total. The summed E-state index contributed by atoms with van der Waals surface area (Å²) in [7, 11) is 0. The lowest BCUT2D eigenvalue weighted by molar-refractivity contribution is -0.147. The fourth-order valence-electron chi connectivity index (χ4n) is 2.38. The third-order valence-corrected chi connectivity index (χ3v) is 3.73. The minimum atomic E-state index is -0.0918. The summed E-state index contributed by atoms with van der Waals surface area (Å²) < 4.78 is 4.99. The largest absolute Gasteiger partial charge is 0.466 e. The summed E-state index contributed by atoms with van der Waals surface area (Å²) in [6.45, 7) is 11.8. The molecule has 1 fully saturated rings. The number of hydrogen-bond acceptors (Lipinski definition) is 4. The van der Waals surface area contributed by atoms with Crippen molar-refractivity contribution in [3.63, 3.8) is 0 Å². The van der Waals surface area contributed by atoms with Gasteiger partial charge in [0, 0.05) is 6.54 Å². The summed E-state index contributed by atoms with van der Waals surface area (Å²) in [5, 5.41) is 3.41. The summed E-state index contributed by atoms with van der Waals surface area (Å²) >= 11 is 0. The second kappa shape index (κ2) is 8.48. The van der Waals surface area contributed by atoms with Gasteiger partial charge in [0.15, 0.2) is 0 Å². The first-order valence-corrected chi connectivity index (χ1v) is 7.27. The van der Waals surface area contributed by atoms with Gasteiger partial charge in [-0.25, -0.2) is 0 Å². The highest BCUT2D eigenvalue weighted by Gasteiger charge is 2.19. The van der Waals surface area contributed by atoms with Crippen molar-refractivity contribution in [2.24, 2.45) is 11.8 Å². The van der Waals surface area contributed by atoms with Crippen LogP contribution in [-0.2, 0) is 9.53 Å². The van der Waals surface area contributed by atoms with Gasteiger partial charge in [0.1, 0.15) is 0 Å². The number of nitrogens with zero attached hydrogens (tertiary/aromatic N) is 1. The van der Waals surface area contributed by atoms with Crippen LogP contribution in [-0.4, -0.2) is 50.2 Å². The minimum absolute atomic E-state index is 0.0410. The van der Waals surface area contributed by atoms with Crippen molar-refractivity contribution in [3.8, 4) is 0 Å². The smallest absolute Gasteiger partial charge is 0.309 e. The van der Waals surface area contributed by atoms with Crippen molar-refractivity contribution in [3.05, 3.63) is 0 Å². The van der Waals surface area contributed by atoms with E-state index in [-0.39, 0.29) is 11.9 Å². The Morgan fingerprint density at radius 3 is 2.61 bits per heavy atom. The maximum absolute atomic E-state index is 11.4. The molecule has 0 aliphatic carbocycles. The number of ether oxygens (including phenoxy) is 1. The summed E-state index contributed by atoms with van der Waals surface area (Å²) in [4.78, 5) is 13.9. The van der Waals surface area contributed by atoms with Crippen LogP contribution >= 0.6 is 0 Å². The highest BCUT2D eigenvalue weighted by Crippen LogP contribution is 2.15. The molecule has 0 saturated carbocycles. The van der Waals surface area contributed by atoms with E-state index >= 15 is 0 Å². The number of hydrogen-bond donors (Lipinski definition) is 1. The molecule has 0 aromatic carbocycles. The van der Waals surface area contributed by atoms with E-state index in [2.05, 4.69) is 17.1 Å². The molecule has 0 amide bonds. The molecule has 1 atom stereocenters. The predicted molar refractivity (Wildman–Crippen MR) is 73.5 cm³/mol. The number of nitrogens with one attached hydrogen (secondary N) is 1. The Bertz CT molecular complexity index is 238. The molecular formula is C14H28N2O2. The summed E-state index contributed by atoms with van der Waals surface area (Å²) in [6.07, 6.45) is 2.54. The first-order chi connectivity index (χ1) is 8.67. The number of rotatable bonds is 7. The first-order valence-electron chi connectivity index (χ1n) is 7.27. The number of carbonyl (C=O) groups is 1. The maximum Gasteiger partial charge on any atom is 0.309 e. The third-order valence-electron chi connectivity index (χ3n) is 3.73. The number of carbonyl (C=O) groups excluding carboxylic acids is 1. The molecule has 0 spiro atoms. The molecule has 4 heteroatoms. The van der Waals surface area contributed by atoms with Crippen LogP contribution in [0.2, 0.25) is 0 Å². The average molecular weight is 256 g/mol. The lowest BCUT2D eigenvalue weighted by Crippen LogP contribution is -2.38. The van der Waals surface area contributed by atoms with Gasteiger partial charge in [-0.3, -0.25) is 4.79 Å². The highest BCUT2D eigenvalue weighted by molar-refractivity contribution is 5.72. The zero-order chi connectivity index (χ0) is 13.4. The van der Waals surface area contributed by atoms with E-state index in [1.165, 1.54) is 32.5 Å². The molecule has 106 valence electrons. The highest BCUT2D eigenvalue weighted by atomic mass is 16.5. The lowest BCUT2D eigenvalue weighted by atomic mass is 9.96. The SMILES string of the molecule is CCOC(=O)C(C)CNCC1CCN(CC)CC1. The molecule has 1 unspecified atom stereocenters. The first kappa shape index (κ1) is 15.4. The van der Waals surface area contributed by atoms with Crippen LogP contribution < -0.4 is 5.32 Å². The molecule has 0 bridgehead atoms. The van der Waals surface area contributed by atoms with Crippen LogP contribution in [0.15, 0.2) is 0 Å². The Kier molecular flexibility index (Phi) is 7.28. The Morgan fingerprint density at radius 1 is 1.39 bits per heavy atom. The molecule has 1 rings (SSSR count). The van der Waals surface area contributed by atoms with Crippen molar-refractivity contribution in [1.29, 1.82) is 0 Å². The number of likely N-dealkylation sites (tertiary alicyclic amines) is 1. The molecule has 0 aromatic rings. The Balaban J connectivity index is 2.09. The number of piperidine rings is 1. The molecular weight excluding hydrogens is 228 g/mol. The van der Waals surface area contributed by atoms with Gasteiger partial charge in [0.05, 0.1) is 12.5 Å². The van der Waals surface area contributed by atoms with Crippen molar-refractivity contribution < 1.29 is 9.53 Å². The van der Waals surface area contributed by atoms with E-state index in [1.54, 1.807) is 0 Å². The zero-order valence-electron chi connectivity index (χ0n) is 12.1. The summed E-state index contributed by atoms with van der Waals surface area (Å²) in [5.41, 5.74) is 0. The second-order valence-electron chi connectivity index (χ2n) is 5.19. The Hall–Kier alpha value is -0.610. The van der Waals surface area contributed by atoms with E-state index in [4.69, 9.17) is 4.74 Å². The summed E-state index contributed by atoms with van der Waals surface area (Å²) in [6, 6.07) is 0. The van der Waals surface area contributed by atoms with Gasteiger partial charge in [-0.1, -0.05) is 13.8 Å². The topological polar surface area (TPSA) is 41.6 Å². The molecule has 0 radical (unpaired) electrons. The van der Waals surface area contributed by atoms with Crippen molar-refractivity contribution in [2.45, 2.75) is 33.6 Å². The van der Waals surface area contributed by atoms with E-state index in [0.29, 0.717) is 6.61 Å². The fraction of sp³-hybridized carbons (Fsp3) is 0.929. The van der Waals surface area contributed by atoms with Crippen LogP contribution in [0, 0.1) is 11.8 Å². The monoisotopic (exact) mass is 256 g/mol. The fourth-order valence-corrected chi connectivity index (χ4v) is 2.38. The molecule has 1 heterocycles. The van der Waals surface area contributed by atoms with Gasteiger partial charge in [0.2, 0.25) is 0 Å². The van der Waals surface area contributed by atoms with Gasteiger partial charge >= 0.3 is 5.97 Å². The van der Waals surface area contributed by atoms with Gasteiger partial charge in [-0.15, -0.1) is 0 Å². The van der Waals surface area contributed by atoms with E-state index in [9.17, 15) is 4.79 Å². The van der Waals surface area contributed by atoms with Gasteiger partial charge in [-0.05, 0) is 51.9 Å². The van der Waals surface area contributed by atoms with Gasteiger partial charge < -0.3 is 15.0 Å². The molecule has 18 heavy (non-hydrogen) atoms. The molecule has 1 aliphatic heterocycles. The van der Waals surface area contributed by atoms with Crippen LogP contribution in [0.5, 0.6) is 0 Å². The molecule has 1 aliphatic rings. The molecule has 0 aromatic heterocycles.